The van der Waals surface area contributed by atoms with Crippen molar-refractivity contribution in [1.82, 2.24) is 19.3 Å². The van der Waals surface area contributed by atoms with Crippen LogP contribution in [-0.2, 0) is 14.3 Å². The van der Waals surface area contributed by atoms with Gasteiger partial charge in [-0.2, -0.15) is 0 Å². The van der Waals surface area contributed by atoms with Gasteiger partial charge in [-0.1, -0.05) is 12.1 Å². The highest BCUT2D eigenvalue weighted by atomic mass is 16.5. The monoisotopic (exact) mass is 420 g/mol. The van der Waals surface area contributed by atoms with Crippen LogP contribution in [0.1, 0.15) is 35.0 Å². The maximum atomic E-state index is 13.0. The number of ketones is 1. The Hall–Kier alpha value is -3.52. The first-order valence-corrected chi connectivity index (χ1v) is 10.1. The summed E-state index contributed by atoms with van der Waals surface area (Å²) >= 11 is 0. The Balaban J connectivity index is 1.89. The number of methoxy groups -OCH3 is 1. The molecule has 1 fully saturated rings. The number of hydrogen-bond donors (Lipinski definition) is 1. The minimum absolute atomic E-state index is 0.0274. The van der Waals surface area contributed by atoms with E-state index in [0.29, 0.717) is 36.5 Å². The van der Waals surface area contributed by atoms with Gasteiger partial charge in [-0.15, -0.1) is 0 Å². The van der Waals surface area contributed by atoms with Gasteiger partial charge < -0.3 is 19.1 Å². The van der Waals surface area contributed by atoms with Crippen molar-refractivity contribution in [2.24, 2.45) is 0 Å². The van der Waals surface area contributed by atoms with Crippen LogP contribution in [0.2, 0.25) is 0 Å². The second-order valence-corrected chi connectivity index (χ2v) is 7.56. The molecule has 1 N–H and O–H groups in total. The molecule has 0 aromatic carbocycles. The molecule has 0 radical (unpaired) electrons. The Labute approximate surface area is 179 Å². The van der Waals surface area contributed by atoms with Gasteiger partial charge in [0.05, 0.1) is 17.3 Å². The lowest BCUT2D eigenvalue weighted by atomic mass is 9.97. The number of rotatable bonds is 6. The van der Waals surface area contributed by atoms with Gasteiger partial charge in [-0.25, -0.2) is 4.98 Å². The quantitative estimate of drug-likeness (QED) is 0.285. The molecule has 0 saturated carbocycles. The summed E-state index contributed by atoms with van der Waals surface area (Å²) in [4.78, 5) is 36.1. The van der Waals surface area contributed by atoms with Gasteiger partial charge in [0.2, 0.25) is 0 Å². The zero-order chi connectivity index (χ0) is 22.1. The van der Waals surface area contributed by atoms with Crippen LogP contribution in [0.3, 0.4) is 0 Å². The SMILES string of the molecule is COCCCN1C(=O)C(=O)/C(=C(/O)c2nc3c(C)cccn3c2C)C1c1cccnc1. The molecule has 1 atom stereocenters. The maximum absolute atomic E-state index is 13.0. The van der Waals surface area contributed by atoms with E-state index in [4.69, 9.17) is 4.74 Å². The third-order valence-electron chi connectivity index (χ3n) is 5.60. The standard InChI is InChI=1S/C23H24N4O4/c1-14-7-5-10-26-15(2)18(25-22(14)26)20(28)17-19(16-8-4-9-24-13-16)27(11-6-12-31-3)23(30)21(17)29/h4-5,7-10,13,19,28H,6,11-12H2,1-3H3/b20-17+. The highest BCUT2D eigenvalue weighted by molar-refractivity contribution is 6.46. The van der Waals surface area contributed by atoms with Crippen LogP contribution < -0.4 is 0 Å². The Morgan fingerprint density at radius 3 is 2.71 bits per heavy atom. The molecule has 4 rings (SSSR count). The van der Waals surface area contributed by atoms with Crippen molar-refractivity contribution in [3.8, 4) is 0 Å². The van der Waals surface area contributed by atoms with E-state index in [1.165, 1.54) is 4.90 Å². The van der Waals surface area contributed by atoms with Crippen LogP contribution in [0.5, 0.6) is 0 Å². The van der Waals surface area contributed by atoms with Gasteiger partial charge in [0.25, 0.3) is 11.7 Å². The minimum Gasteiger partial charge on any atom is -0.505 e. The van der Waals surface area contributed by atoms with Gasteiger partial charge in [-0.3, -0.25) is 14.6 Å². The van der Waals surface area contributed by atoms with E-state index < -0.39 is 17.7 Å². The van der Waals surface area contributed by atoms with Crippen LogP contribution in [0.15, 0.2) is 48.4 Å². The van der Waals surface area contributed by atoms with E-state index in [9.17, 15) is 14.7 Å². The molecule has 1 saturated heterocycles. The van der Waals surface area contributed by atoms with Crippen LogP contribution in [0.4, 0.5) is 0 Å². The van der Waals surface area contributed by atoms with Gasteiger partial charge in [0.15, 0.2) is 5.76 Å². The molecule has 0 aliphatic carbocycles. The molecule has 4 heterocycles. The number of carbonyl (C=O) groups is 2. The first-order chi connectivity index (χ1) is 15.0. The number of aromatic nitrogens is 3. The number of amides is 1. The van der Waals surface area contributed by atoms with Crippen molar-refractivity contribution in [1.29, 1.82) is 0 Å². The number of aliphatic hydroxyl groups excluding tert-OH is 1. The summed E-state index contributed by atoms with van der Waals surface area (Å²) in [6.07, 6.45) is 5.64. The summed E-state index contributed by atoms with van der Waals surface area (Å²) < 4.78 is 6.96. The molecule has 1 aliphatic heterocycles. The van der Waals surface area contributed by atoms with Crippen LogP contribution in [-0.4, -0.2) is 56.3 Å². The lowest BCUT2D eigenvalue weighted by molar-refractivity contribution is -0.140. The van der Waals surface area contributed by atoms with Gasteiger partial charge in [-0.05, 0) is 43.5 Å². The number of pyridine rings is 2. The van der Waals surface area contributed by atoms with E-state index in [0.717, 1.165) is 5.56 Å². The van der Waals surface area contributed by atoms with Crippen molar-refractivity contribution in [2.45, 2.75) is 26.3 Å². The second-order valence-electron chi connectivity index (χ2n) is 7.56. The molecule has 0 bridgehead atoms. The predicted molar refractivity (Wildman–Crippen MR) is 114 cm³/mol. The fourth-order valence-electron chi connectivity index (χ4n) is 4.05. The number of ether oxygens (including phenoxy) is 1. The summed E-state index contributed by atoms with van der Waals surface area (Å²) in [6, 6.07) is 6.61. The molecule has 1 amide bonds. The summed E-state index contributed by atoms with van der Waals surface area (Å²) in [5.74, 6) is -1.65. The van der Waals surface area contributed by atoms with Crippen LogP contribution in [0.25, 0.3) is 11.4 Å². The molecule has 160 valence electrons. The number of imidazole rings is 1. The Morgan fingerprint density at radius 1 is 1.23 bits per heavy atom. The van der Waals surface area contributed by atoms with Crippen molar-refractivity contribution in [3.63, 3.8) is 0 Å². The number of Topliss-reactive ketones (excluding diaryl/α,β-unsaturated/α-hetero) is 1. The first-order valence-electron chi connectivity index (χ1n) is 10.1. The molecule has 1 aliphatic rings. The molecule has 0 spiro atoms. The number of nitrogens with zero attached hydrogens (tertiary/aromatic N) is 4. The number of hydrogen-bond acceptors (Lipinski definition) is 6. The number of aliphatic hydroxyl groups is 1. The molecular weight excluding hydrogens is 396 g/mol. The Kier molecular flexibility index (Phi) is 5.56. The normalized spacial score (nSPS) is 18.3. The summed E-state index contributed by atoms with van der Waals surface area (Å²) in [5.41, 5.74) is 3.28. The summed E-state index contributed by atoms with van der Waals surface area (Å²) in [7, 11) is 1.58. The fourth-order valence-corrected chi connectivity index (χ4v) is 4.05. The number of likely N-dealkylation sites (tertiary alicyclic amines) is 1. The first kappa shape index (κ1) is 20.7. The zero-order valence-corrected chi connectivity index (χ0v) is 17.7. The zero-order valence-electron chi connectivity index (χ0n) is 17.7. The number of fused-ring (bicyclic) bond motifs is 1. The van der Waals surface area contributed by atoms with Crippen LogP contribution >= 0.6 is 0 Å². The molecule has 3 aromatic heterocycles. The van der Waals surface area contributed by atoms with E-state index in [2.05, 4.69) is 9.97 Å². The molecule has 8 nitrogen and oxygen atoms in total. The van der Waals surface area contributed by atoms with Gasteiger partial charge >= 0.3 is 0 Å². The van der Waals surface area contributed by atoms with E-state index in [1.807, 2.05) is 36.6 Å². The fraction of sp³-hybridized carbons (Fsp3) is 0.304. The highest BCUT2D eigenvalue weighted by Gasteiger charge is 2.46. The number of carbonyl (C=O) groups excluding carboxylic acids is 2. The predicted octanol–water partition coefficient (Wildman–Crippen LogP) is 2.80. The van der Waals surface area contributed by atoms with E-state index >= 15 is 0 Å². The lowest BCUT2D eigenvalue weighted by Crippen LogP contribution is -2.31. The maximum Gasteiger partial charge on any atom is 0.295 e. The largest absolute Gasteiger partial charge is 0.505 e. The third-order valence-corrected chi connectivity index (χ3v) is 5.60. The average molecular weight is 420 g/mol. The van der Waals surface area contributed by atoms with Crippen molar-refractivity contribution >= 4 is 23.1 Å². The Bertz CT molecular complexity index is 1180. The smallest absolute Gasteiger partial charge is 0.295 e. The van der Waals surface area contributed by atoms with Gasteiger partial charge in [0, 0.05) is 38.9 Å². The van der Waals surface area contributed by atoms with Crippen LogP contribution in [0, 0.1) is 13.8 Å². The summed E-state index contributed by atoms with van der Waals surface area (Å²) in [6.45, 7) is 4.52. The van der Waals surface area contributed by atoms with E-state index in [-0.39, 0.29) is 17.0 Å². The minimum atomic E-state index is -0.740. The molecule has 1 unspecified atom stereocenters. The van der Waals surface area contributed by atoms with Crippen molar-refractivity contribution in [2.75, 3.05) is 20.3 Å². The third kappa shape index (κ3) is 3.48. The van der Waals surface area contributed by atoms with Gasteiger partial charge in [0.1, 0.15) is 11.3 Å². The molecular formula is C23H24N4O4. The van der Waals surface area contributed by atoms with E-state index in [1.54, 1.807) is 31.6 Å². The van der Waals surface area contributed by atoms with Crippen molar-refractivity contribution in [3.05, 3.63) is 70.9 Å². The average Bonchev–Trinajstić information content (AvgIpc) is 3.24. The molecule has 31 heavy (non-hydrogen) atoms. The highest BCUT2D eigenvalue weighted by Crippen LogP contribution is 2.39. The Morgan fingerprint density at radius 2 is 2.03 bits per heavy atom. The molecule has 8 heteroatoms. The molecule has 3 aromatic rings. The topological polar surface area (TPSA) is 97.0 Å². The number of aryl methyl sites for hydroxylation is 2. The summed E-state index contributed by atoms with van der Waals surface area (Å²) in [5, 5.41) is 11.3. The lowest BCUT2D eigenvalue weighted by Gasteiger charge is -2.24. The second kappa shape index (κ2) is 8.31. The van der Waals surface area contributed by atoms with Crippen molar-refractivity contribution < 1.29 is 19.4 Å².